The molecule has 0 spiro atoms. The van der Waals surface area contributed by atoms with Crippen LogP contribution in [0.2, 0.25) is 0 Å². The fourth-order valence-corrected chi connectivity index (χ4v) is 7.97. The number of rotatable bonds is 2. The van der Waals surface area contributed by atoms with Crippen LogP contribution < -0.4 is 5.32 Å². The predicted octanol–water partition coefficient (Wildman–Crippen LogP) is 4.62. The first-order chi connectivity index (χ1) is 10.0. The fraction of sp³-hybridized carbons (Fsp3) is 1.00. The standard InChI is InChI=1S/C20H33N/c1-19(2)13-7-8-20(19,3)18(11-13)21-17-10-12-9-16(17)15-6-4-5-14(12)15/h12-18,21H,4-11H2,1-3H3. The molecule has 0 aromatic carbocycles. The van der Waals surface area contributed by atoms with Gasteiger partial charge in [-0.05, 0) is 85.4 Å². The third kappa shape index (κ3) is 1.53. The molecule has 0 heterocycles. The number of fused-ring (bicyclic) bond motifs is 7. The highest BCUT2D eigenvalue weighted by atomic mass is 15.0. The van der Waals surface area contributed by atoms with Crippen LogP contribution in [-0.2, 0) is 0 Å². The van der Waals surface area contributed by atoms with Gasteiger partial charge in [0.25, 0.3) is 0 Å². The number of hydrogen-bond donors (Lipinski definition) is 1. The van der Waals surface area contributed by atoms with Gasteiger partial charge in [0.1, 0.15) is 0 Å². The molecule has 5 aliphatic rings. The monoisotopic (exact) mass is 287 g/mol. The quantitative estimate of drug-likeness (QED) is 0.781. The van der Waals surface area contributed by atoms with Crippen molar-refractivity contribution in [3.63, 3.8) is 0 Å². The van der Waals surface area contributed by atoms with Gasteiger partial charge in [0.15, 0.2) is 0 Å². The second-order valence-electron chi connectivity index (χ2n) is 10.1. The molecular formula is C20H33N. The summed E-state index contributed by atoms with van der Waals surface area (Å²) in [5.41, 5.74) is 1.13. The highest BCUT2D eigenvalue weighted by Crippen LogP contribution is 2.66. The van der Waals surface area contributed by atoms with Crippen LogP contribution in [0.4, 0.5) is 0 Å². The molecular weight excluding hydrogens is 254 g/mol. The van der Waals surface area contributed by atoms with E-state index in [0.29, 0.717) is 10.8 Å². The van der Waals surface area contributed by atoms with Gasteiger partial charge in [-0.3, -0.25) is 0 Å². The third-order valence-electron chi connectivity index (χ3n) is 9.64. The van der Waals surface area contributed by atoms with Gasteiger partial charge in [0, 0.05) is 12.1 Å². The van der Waals surface area contributed by atoms with Gasteiger partial charge in [-0.25, -0.2) is 0 Å². The molecule has 8 unspecified atom stereocenters. The van der Waals surface area contributed by atoms with Gasteiger partial charge in [-0.15, -0.1) is 0 Å². The van der Waals surface area contributed by atoms with Gasteiger partial charge >= 0.3 is 0 Å². The molecule has 4 bridgehead atoms. The molecule has 5 fully saturated rings. The minimum Gasteiger partial charge on any atom is -0.310 e. The maximum absolute atomic E-state index is 4.25. The summed E-state index contributed by atoms with van der Waals surface area (Å²) in [5, 5.41) is 4.25. The highest BCUT2D eigenvalue weighted by molar-refractivity contribution is 5.15. The molecule has 118 valence electrons. The smallest absolute Gasteiger partial charge is 0.0132 e. The summed E-state index contributed by atoms with van der Waals surface area (Å²) < 4.78 is 0. The Morgan fingerprint density at radius 2 is 1.67 bits per heavy atom. The van der Waals surface area contributed by atoms with Crippen LogP contribution in [0.25, 0.3) is 0 Å². The second-order valence-corrected chi connectivity index (χ2v) is 10.1. The Kier molecular flexibility index (Phi) is 2.60. The second kappa shape index (κ2) is 4.08. The molecule has 8 atom stereocenters. The zero-order valence-electron chi connectivity index (χ0n) is 14.2. The maximum atomic E-state index is 4.25. The molecule has 1 N–H and O–H groups in total. The van der Waals surface area contributed by atoms with Crippen molar-refractivity contribution in [3.8, 4) is 0 Å². The van der Waals surface area contributed by atoms with Gasteiger partial charge in [0.2, 0.25) is 0 Å². The lowest BCUT2D eigenvalue weighted by Crippen LogP contribution is -2.51. The first kappa shape index (κ1) is 13.4. The summed E-state index contributed by atoms with van der Waals surface area (Å²) >= 11 is 0. The Labute approximate surface area is 130 Å². The van der Waals surface area contributed by atoms with Crippen molar-refractivity contribution in [1.29, 1.82) is 0 Å². The zero-order valence-corrected chi connectivity index (χ0v) is 14.2. The molecule has 0 radical (unpaired) electrons. The lowest BCUT2D eigenvalue weighted by molar-refractivity contribution is 0.0999. The van der Waals surface area contributed by atoms with Crippen molar-refractivity contribution in [2.45, 2.75) is 84.2 Å². The van der Waals surface area contributed by atoms with E-state index < -0.39 is 0 Å². The van der Waals surface area contributed by atoms with E-state index in [9.17, 15) is 0 Å². The SMILES string of the molecule is CC1(C)C2CCC1(C)C(NC1CC3CC1C1CCCC31)C2. The van der Waals surface area contributed by atoms with Gasteiger partial charge in [0.05, 0.1) is 0 Å². The number of hydrogen-bond acceptors (Lipinski definition) is 1. The fourth-order valence-electron chi connectivity index (χ4n) is 7.97. The van der Waals surface area contributed by atoms with Crippen molar-refractivity contribution in [2.75, 3.05) is 0 Å². The lowest BCUT2D eigenvalue weighted by atomic mass is 9.68. The average Bonchev–Trinajstić information content (AvgIpc) is 3.17. The topological polar surface area (TPSA) is 12.0 Å². The Bertz CT molecular complexity index is 455. The van der Waals surface area contributed by atoms with E-state index in [0.717, 1.165) is 41.7 Å². The van der Waals surface area contributed by atoms with Crippen LogP contribution in [0, 0.1) is 40.4 Å². The molecule has 5 rings (SSSR count). The molecule has 0 amide bonds. The molecule has 0 saturated heterocycles. The van der Waals surface area contributed by atoms with Crippen molar-refractivity contribution < 1.29 is 0 Å². The van der Waals surface area contributed by atoms with Crippen LogP contribution in [0.3, 0.4) is 0 Å². The van der Waals surface area contributed by atoms with E-state index >= 15 is 0 Å². The minimum atomic E-state index is 0.564. The first-order valence-electron chi connectivity index (χ1n) is 9.77. The zero-order chi connectivity index (χ0) is 14.4. The van der Waals surface area contributed by atoms with Crippen LogP contribution in [-0.4, -0.2) is 12.1 Å². The van der Waals surface area contributed by atoms with E-state index in [2.05, 4.69) is 26.1 Å². The highest BCUT2D eigenvalue weighted by Gasteiger charge is 2.62. The van der Waals surface area contributed by atoms with Crippen LogP contribution in [0.5, 0.6) is 0 Å². The van der Waals surface area contributed by atoms with Crippen molar-refractivity contribution in [1.82, 2.24) is 5.32 Å². The van der Waals surface area contributed by atoms with E-state index in [-0.39, 0.29) is 0 Å². The van der Waals surface area contributed by atoms with Crippen LogP contribution in [0.1, 0.15) is 72.1 Å². The molecule has 21 heavy (non-hydrogen) atoms. The molecule has 1 heteroatoms. The van der Waals surface area contributed by atoms with Gasteiger partial charge in [-0.2, -0.15) is 0 Å². The molecule has 0 aromatic rings. The van der Waals surface area contributed by atoms with Crippen LogP contribution >= 0.6 is 0 Å². The van der Waals surface area contributed by atoms with Crippen molar-refractivity contribution >= 4 is 0 Å². The molecule has 0 aromatic heterocycles. The molecule has 0 aliphatic heterocycles. The molecule has 1 nitrogen and oxygen atoms in total. The summed E-state index contributed by atoms with van der Waals surface area (Å²) in [4.78, 5) is 0. The summed E-state index contributed by atoms with van der Waals surface area (Å²) in [5.74, 6) is 5.38. The Balaban J connectivity index is 1.34. The maximum Gasteiger partial charge on any atom is 0.0132 e. The van der Waals surface area contributed by atoms with E-state index in [1.165, 1.54) is 32.1 Å². The predicted molar refractivity (Wildman–Crippen MR) is 87.0 cm³/mol. The average molecular weight is 287 g/mol. The lowest BCUT2D eigenvalue weighted by Gasteiger charge is -2.43. The first-order valence-corrected chi connectivity index (χ1v) is 9.77. The summed E-state index contributed by atoms with van der Waals surface area (Å²) in [6, 6.07) is 1.70. The third-order valence-corrected chi connectivity index (χ3v) is 9.64. The summed E-state index contributed by atoms with van der Waals surface area (Å²) in [6.07, 6.45) is 12.2. The Morgan fingerprint density at radius 1 is 0.857 bits per heavy atom. The van der Waals surface area contributed by atoms with Crippen molar-refractivity contribution in [3.05, 3.63) is 0 Å². The van der Waals surface area contributed by atoms with Crippen LogP contribution in [0.15, 0.2) is 0 Å². The Morgan fingerprint density at radius 3 is 2.38 bits per heavy atom. The number of nitrogens with one attached hydrogen (secondary N) is 1. The van der Waals surface area contributed by atoms with E-state index in [1.54, 1.807) is 19.3 Å². The van der Waals surface area contributed by atoms with Crippen molar-refractivity contribution in [2.24, 2.45) is 40.4 Å². The van der Waals surface area contributed by atoms with E-state index in [4.69, 9.17) is 0 Å². The molecule has 5 saturated carbocycles. The summed E-state index contributed by atoms with van der Waals surface area (Å²) in [7, 11) is 0. The van der Waals surface area contributed by atoms with Gasteiger partial charge in [-0.1, -0.05) is 27.2 Å². The minimum absolute atomic E-state index is 0.564. The van der Waals surface area contributed by atoms with Gasteiger partial charge < -0.3 is 5.32 Å². The summed E-state index contributed by atoms with van der Waals surface area (Å²) in [6.45, 7) is 7.71. The normalized spacial score (nSPS) is 59.9. The Hall–Kier alpha value is -0.0400. The largest absolute Gasteiger partial charge is 0.310 e. The van der Waals surface area contributed by atoms with E-state index in [1.807, 2.05) is 0 Å². The molecule has 5 aliphatic carbocycles.